The van der Waals surface area contributed by atoms with Gasteiger partial charge in [0.05, 0.1) is 47.2 Å². The highest BCUT2D eigenvalue weighted by Crippen LogP contribution is 2.51. The van der Waals surface area contributed by atoms with Gasteiger partial charge in [-0.25, -0.2) is 0 Å². The number of hydrogen-bond acceptors (Lipinski definition) is 9. The maximum Gasteiger partial charge on any atom is 0.224 e. The van der Waals surface area contributed by atoms with Crippen LogP contribution in [0.25, 0.3) is 33.4 Å². The van der Waals surface area contributed by atoms with Crippen LogP contribution in [0.1, 0.15) is 48.3 Å². The minimum Gasteiger partial charge on any atom is -0.497 e. The summed E-state index contributed by atoms with van der Waals surface area (Å²) in [6.07, 6.45) is 4.00. The number of nitrogens with one attached hydrogen (secondary N) is 2. The Morgan fingerprint density at radius 1 is 0.940 bits per heavy atom. The van der Waals surface area contributed by atoms with Gasteiger partial charge >= 0.3 is 0 Å². The quantitative estimate of drug-likeness (QED) is 0.148. The Balaban J connectivity index is 1.56. The van der Waals surface area contributed by atoms with Gasteiger partial charge in [-0.1, -0.05) is 0 Å². The van der Waals surface area contributed by atoms with E-state index in [0.29, 0.717) is 94.2 Å². The van der Waals surface area contributed by atoms with Gasteiger partial charge in [-0.05, 0) is 90.6 Å². The van der Waals surface area contributed by atoms with Gasteiger partial charge in [-0.15, -0.1) is 0 Å². The van der Waals surface area contributed by atoms with Gasteiger partial charge in [-0.2, -0.15) is 0 Å². The van der Waals surface area contributed by atoms with Gasteiger partial charge in [0.2, 0.25) is 23.0 Å². The summed E-state index contributed by atoms with van der Waals surface area (Å²) in [7, 11) is 6.22. The normalized spacial score (nSPS) is 13.5. The fourth-order valence-corrected chi connectivity index (χ4v) is 6.70. The van der Waals surface area contributed by atoms with Crippen LogP contribution in [0.5, 0.6) is 23.0 Å². The monoisotopic (exact) mass is 680 g/mol. The van der Waals surface area contributed by atoms with Crippen molar-refractivity contribution in [3.63, 3.8) is 0 Å². The topological polar surface area (TPSA) is 138 Å². The van der Waals surface area contributed by atoms with E-state index in [0.717, 1.165) is 11.3 Å². The summed E-state index contributed by atoms with van der Waals surface area (Å²) < 4.78 is 34.6. The first-order chi connectivity index (χ1) is 24.3. The standard InChI is InChI=1S/C39H40N2O9/c1-22(42)41-31-15-12-24-18-33(46-3)38(47-4)39(48-5)35(24)28-19-29-30(21-34(44)40-16-6-8-26-9-7-17-49-26)36(23-10-13-25(45-2)14-11-23)50-37(29)32(43)20-27(28)31/h7,9-11,13-14,17-20,31H,6,8,12,15-16,21H2,1-5H3,(H,40,44)(H,41,42)/t31-/m0/s1. The van der Waals surface area contributed by atoms with Gasteiger partial charge in [0.15, 0.2) is 17.1 Å². The predicted molar refractivity (Wildman–Crippen MR) is 188 cm³/mol. The molecule has 3 aromatic carbocycles. The Kier molecular flexibility index (Phi) is 10.1. The van der Waals surface area contributed by atoms with Gasteiger partial charge in [-0.3, -0.25) is 14.4 Å². The van der Waals surface area contributed by atoms with Crippen LogP contribution in [0.4, 0.5) is 0 Å². The van der Waals surface area contributed by atoms with Crippen molar-refractivity contribution in [3.05, 3.63) is 93.5 Å². The zero-order valence-electron chi connectivity index (χ0n) is 28.8. The number of ether oxygens (including phenoxy) is 4. The Hall–Kier alpha value is -5.71. The van der Waals surface area contributed by atoms with E-state index in [1.165, 1.54) is 20.1 Å². The van der Waals surface area contributed by atoms with Crippen molar-refractivity contribution in [1.29, 1.82) is 0 Å². The molecule has 1 aliphatic carbocycles. The van der Waals surface area contributed by atoms with Crippen LogP contribution in [0.2, 0.25) is 0 Å². The van der Waals surface area contributed by atoms with Crippen LogP contribution in [-0.2, 0) is 28.9 Å². The molecule has 260 valence electrons. The lowest BCUT2D eigenvalue weighted by atomic mass is 9.94. The average molecular weight is 681 g/mol. The van der Waals surface area contributed by atoms with Gasteiger partial charge in [0, 0.05) is 42.0 Å². The number of benzene rings is 2. The van der Waals surface area contributed by atoms with E-state index in [4.69, 9.17) is 27.8 Å². The number of hydrogen-bond donors (Lipinski definition) is 2. The SMILES string of the molecule is COc1ccc(-c2oc3c(=O)cc4c(cc3c2CC(=O)NCCCc2ccco2)-c2c(cc(OC)c(OC)c2OC)CC[C@@H]4NC(C)=O)cc1. The average Bonchev–Trinajstić information content (AvgIpc) is 3.70. The number of amides is 2. The van der Waals surface area contributed by atoms with E-state index in [1.54, 1.807) is 39.7 Å². The zero-order valence-corrected chi connectivity index (χ0v) is 28.8. The molecule has 0 fully saturated rings. The second kappa shape index (κ2) is 14.8. The van der Waals surface area contributed by atoms with E-state index < -0.39 is 6.04 Å². The molecule has 1 aliphatic rings. The predicted octanol–water partition coefficient (Wildman–Crippen LogP) is 6.17. The molecule has 0 saturated carbocycles. The number of fused-ring (bicyclic) bond motifs is 4. The Morgan fingerprint density at radius 3 is 2.38 bits per heavy atom. The first-order valence-electron chi connectivity index (χ1n) is 16.4. The molecular formula is C39H40N2O9. The number of carbonyl (C=O) groups is 2. The summed E-state index contributed by atoms with van der Waals surface area (Å²) >= 11 is 0. The zero-order chi connectivity index (χ0) is 35.4. The van der Waals surface area contributed by atoms with Crippen LogP contribution >= 0.6 is 0 Å². The smallest absolute Gasteiger partial charge is 0.224 e. The van der Waals surface area contributed by atoms with Gasteiger partial charge < -0.3 is 38.4 Å². The third-order valence-corrected chi connectivity index (χ3v) is 8.99. The molecule has 50 heavy (non-hydrogen) atoms. The number of aryl methyl sites for hydroxylation is 2. The molecule has 0 bridgehead atoms. The van der Waals surface area contributed by atoms with Gasteiger partial charge in [0.25, 0.3) is 0 Å². The van der Waals surface area contributed by atoms with Crippen LogP contribution in [0, 0.1) is 0 Å². The maximum absolute atomic E-state index is 14.2. The number of carbonyl (C=O) groups excluding carboxylic acids is 2. The first-order valence-corrected chi connectivity index (χ1v) is 16.4. The minimum atomic E-state index is -0.497. The second-order valence-corrected chi connectivity index (χ2v) is 12.1. The fraction of sp³-hybridized carbons (Fsp3) is 0.308. The lowest BCUT2D eigenvalue weighted by Crippen LogP contribution is -2.26. The summed E-state index contributed by atoms with van der Waals surface area (Å²) in [4.78, 5) is 40.2. The summed E-state index contributed by atoms with van der Waals surface area (Å²) in [6, 6.07) is 15.8. The molecule has 11 heteroatoms. The maximum atomic E-state index is 14.2. The molecule has 2 amide bonds. The molecule has 5 aromatic rings. The molecule has 11 nitrogen and oxygen atoms in total. The molecule has 1 atom stereocenters. The van der Waals surface area contributed by atoms with Gasteiger partial charge in [0.1, 0.15) is 17.3 Å². The van der Waals surface area contributed by atoms with Crippen molar-refractivity contribution in [1.82, 2.24) is 10.6 Å². The lowest BCUT2D eigenvalue weighted by Gasteiger charge is -2.20. The van der Waals surface area contributed by atoms with E-state index in [1.807, 2.05) is 36.4 Å². The molecule has 0 unspecified atom stereocenters. The highest BCUT2D eigenvalue weighted by atomic mass is 16.5. The van der Waals surface area contributed by atoms with Crippen molar-refractivity contribution in [2.75, 3.05) is 35.0 Å². The van der Waals surface area contributed by atoms with E-state index >= 15 is 0 Å². The fourth-order valence-electron chi connectivity index (χ4n) is 6.70. The summed E-state index contributed by atoms with van der Waals surface area (Å²) in [5.41, 5.74) is 3.75. The molecular weight excluding hydrogens is 640 g/mol. The van der Waals surface area contributed by atoms with Crippen LogP contribution in [-0.4, -0.2) is 46.8 Å². The third kappa shape index (κ3) is 6.76. The largest absolute Gasteiger partial charge is 0.497 e. The van der Waals surface area contributed by atoms with Crippen LogP contribution in [0.3, 0.4) is 0 Å². The lowest BCUT2D eigenvalue weighted by molar-refractivity contribution is -0.121. The van der Waals surface area contributed by atoms with Crippen molar-refractivity contribution < 1.29 is 37.4 Å². The summed E-state index contributed by atoms with van der Waals surface area (Å²) in [5, 5.41) is 6.52. The summed E-state index contributed by atoms with van der Waals surface area (Å²) in [5.74, 6) is 2.75. The molecule has 0 aliphatic heterocycles. The van der Waals surface area contributed by atoms with Crippen molar-refractivity contribution in [2.45, 2.75) is 45.1 Å². The molecule has 2 aromatic heterocycles. The highest BCUT2D eigenvalue weighted by molar-refractivity contribution is 5.96. The second-order valence-electron chi connectivity index (χ2n) is 12.1. The van der Waals surface area contributed by atoms with Crippen molar-refractivity contribution in [2.24, 2.45) is 0 Å². The summed E-state index contributed by atoms with van der Waals surface area (Å²) in [6.45, 7) is 1.89. The van der Waals surface area contributed by atoms with E-state index in [9.17, 15) is 14.4 Å². The van der Waals surface area contributed by atoms with E-state index in [2.05, 4.69) is 10.6 Å². The molecule has 0 saturated heterocycles. The van der Waals surface area contributed by atoms with E-state index in [-0.39, 0.29) is 29.2 Å². The number of methoxy groups -OCH3 is 4. The molecule has 2 heterocycles. The molecule has 6 rings (SSSR count). The molecule has 0 spiro atoms. The Bertz CT molecular complexity index is 2080. The minimum absolute atomic E-state index is 0.0572. The third-order valence-electron chi connectivity index (χ3n) is 8.99. The Morgan fingerprint density at radius 2 is 1.72 bits per heavy atom. The Labute approximate surface area is 289 Å². The molecule has 0 radical (unpaired) electrons. The number of furan rings is 2. The van der Waals surface area contributed by atoms with Crippen LogP contribution < -0.4 is 35.0 Å². The van der Waals surface area contributed by atoms with Crippen molar-refractivity contribution in [3.8, 4) is 45.4 Å². The molecule has 2 N–H and O–H groups in total. The first kappa shape index (κ1) is 34.2. The number of rotatable bonds is 12. The highest BCUT2D eigenvalue weighted by Gasteiger charge is 2.31. The van der Waals surface area contributed by atoms with Crippen LogP contribution in [0.15, 0.2) is 74.5 Å². The van der Waals surface area contributed by atoms with Crippen molar-refractivity contribution >= 4 is 22.8 Å².